The van der Waals surface area contributed by atoms with Gasteiger partial charge >= 0.3 is 0 Å². The fourth-order valence-corrected chi connectivity index (χ4v) is 2.40. The summed E-state index contributed by atoms with van der Waals surface area (Å²) in [6.45, 7) is 0.379. The maximum atomic E-state index is 13.5. The highest BCUT2D eigenvalue weighted by atomic mass is 19.1. The van der Waals surface area contributed by atoms with Gasteiger partial charge in [0.1, 0.15) is 23.7 Å². The number of carbonyl (C=O) groups excluding carboxylic acids is 1. The van der Waals surface area contributed by atoms with E-state index in [0.29, 0.717) is 12.2 Å². The summed E-state index contributed by atoms with van der Waals surface area (Å²) in [5.41, 5.74) is 0.366. The van der Waals surface area contributed by atoms with Gasteiger partial charge in [-0.15, -0.1) is 0 Å². The van der Waals surface area contributed by atoms with E-state index in [-0.39, 0.29) is 23.5 Å². The van der Waals surface area contributed by atoms with Crippen LogP contribution in [0, 0.1) is 23.5 Å². The van der Waals surface area contributed by atoms with Gasteiger partial charge in [-0.3, -0.25) is 0 Å². The molecule has 1 aliphatic heterocycles. The molecule has 2 nitrogen and oxygen atoms in total. The molecule has 1 unspecified atom stereocenters. The highest BCUT2D eigenvalue weighted by molar-refractivity contribution is 5.65. The Balaban J connectivity index is 2.11. The molecule has 1 aromatic carbocycles. The van der Waals surface area contributed by atoms with Crippen molar-refractivity contribution in [3.63, 3.8) is 0 Å². The van der Waals surface area contributed by atoms with Crippen molar-refractivity contribution in [1.29, 1.82) is 0 Å². The van der Waals surface area contributed by atoms with E-state index in [2.05, 4.69) is 0 Å². The number of ether oxygens (including phenoxy) is 1. The molecule has 1 heterocycles. The van der Waals surface area contributed by atoms with Crippen molar-refractivity contribution >= 4 is 6.29 Å². The van der Waals surface area contributed by atoms with Crippen LogP contribution in [0.5, 0.6) is 5.75 Å². The number of rotatable bonds is 1. The molecule has 4 heteroatoms. The lowest BCUT2D eigenvalue weighted by Crippen LogP contribution is -2.10. The number of hydrogen-bond acceptors (Lipinski definition) is 2. The molecular formula is C11H8F2O2. The van der Waals surface area contributed by atoms with E-state index in [1.807, 2.05) is 0 Å². The molecule has 0 radical (unpaired) electrons. The van der Waals surface area contributed by atoms with Crippen LogP contribution < -0.4 is 4.74 Å². The van der Waals surface area contributed by atoms with Crippen LogP contribution >= 0.6 is 0 Å². The van der Waals surface area contributed by atoms with Crippen LogP contribution in [0.4, 0.5) is 8.78 Å². The molecular weight excluding hydrogens is 202 g/mol. The van der Waals surface area contributed by atoms with Gasteiger partial charge in [0.2, 0.25) is 0 Å². The zero-order valence-corrected chi connectivity index (χ0v) is 7.74. The largest absolute Gasteiger partial charge is 0.493 e. The SMILES string of the molecule is O=CC1[C@H]2c3c(F)cc(F)cc3OC[C@@H]12. The number of aldehydes is 1. The van der Waals surface area contributed by atoms with E-state index in [9.17, 15) is 13.6 Å². The van der Waals surface area contributed by atoms with Gasteiger partial charge in [0, 0.05) is 35.4 Å². The first-order chi connectivity index (χ1) is 7.22. The Bertz CT molecular complexity index is 444. The zero-order chi connectivity index (χ0) is 10.6. The Kier molecular flexibility index (Phi) is 1.63. The summed E-state index contributed by atoms with van der Waals surface area (Å²) in [5.74, 6) is -1.19. The van der Waals surface area contributed by atoms with Crippen LogP contribution in [-0.4, -0.2) is 12.9 Å². The smallest absolute Gasteiger partial charge is 0.133 e. The molecule has 1 aromatic rings. The highest BCUT2D eigenvalue weighted by Gasteiger charge is 2.55. The third-order valence-corrected chi connectivity index (χ3v) is 3.21. The summed E-state index contributed by atoms with van der Waals surface area (Å²) in [7, 11) is 0. The summed E-state index contributed by atoms with van der Waals surface area (Å²) >= 11 is 0. The Morgan fingerprint density at radius 2 is 2.20 bits per heavy atom. The van der Waals surface area contributed by atoms with Gasteiger partial charge in [-0.1, -0.05) is 0 Å². The molecule has 0 bridgehead atoms. The van der Waals surface area contributed by atoms with Crippen molar-refractivity contribution in [3.05, 3.63) is 29.3 Å². The predicted octanol–water partition coefficient (Wildman–Crippen LogP) is 1.89. The van der Waals surface area contributed by atoms with Crippen molar-refractivity contribution in [2.24, 2.45) is 11.8 Å². The summed E-state index contributed by atoms with van der Waals surface area (Å²) in [4.78, 5) is 10.7. The van der Waals surface area contributed by atoms with Crippen LogP contribution in [0.3, 0.4) is 0 Å². The number of fused-ring (bicyclic) bond motifs is 3. The molecule has 1 aliphatic carbocycles. The van der Waals surface area contributed by atoms with Gasteiger partial charge in [0.25, 0.3) is 0 Å². The normalized spacial score (nSPS) is 31.2. The van der Waals surface area contributed by atoms with Crippen LogP contribution in [0.2, 0.25) is 0 Å². The van der Waals surface area contributed by atoms with Crippen molar-refractivity contribution in [1.82, 2.24) is 0 Å². The van der Waals surface area contributed by atoms with Crippen molar-refractivity contribution in [2.45, 2.75) is 5.92 Å². The molecule has 15 heavy (non-hydrogen) atoms. The van der Waals surface area contributed by atoms with E-state index in [1.165, 1.54) is 6.07 Å². The second-order valence-electron chi connectivity index (χ2n) is 4.01. The third kappa shape index (κ3) is 1.11. The Labute approximate surface area is 84.9 Å². The van der Waals surface area contributed by atoms with Crippen molar-refractivity contribution in [2.75, 3.05) is 6.61 Å². The van der Waals surface area contributed by atoms with Crippen molar-refractivity contribution < 1.29 is 18.3 Å². The maximum absolute atomic E-state index is 13.5. The minimum Gasteiger partial charge on any atom is -0.493 e. The fourth-order valence-electron chi connectivity index (χ4n) is 2.40. The quantitative estimate of drug-likeness (QED) is 0.661. The number of halogens is 2. The fraction of sp³-hybridized carbons (Fsp3) is 0.364. The average Bonchev–Trinajstić information content (AvgIpc) is 2.89. The molecule has 0 amide bonds. The van der Waals surface area contributed by atoms with Gasteiger partial charge in [0.05, 0.1) is 6.61 Å². The van der Waals surface area contributed by atoms with Crippen LogP contribution in [-0.2, 0) is 4.79 Å². The summed E-state index contributed by atoms with van der Waals surface area (Å²) < 4.78 is 31.6. The molecule has 0 N–H and O–H groups in total. The number of hydrogen-bond donors (Lipinski definition) is 0. The summed E-state index contributed by atoms with van der Waals surface area (Å²) in [5, 5.41) is 0. The lowest BCUT2D eigenvalue weighted by molar-refractivity contribution is -0.109. The first-order valence-corrected chi connectivity index (χ1v) is 4.79. The summed E-state index contributed by atoms with van der Waals surface area (Å²) in [6.07, 6.45) is 0.830. The molecule has 78 valence electrons. The predicted molar refractivity (Wildman–Crippen MR) is 47.6 cm³/mol. The molecule has 0 spiro atoms. The topological polar surface area (TPSA) is 26.3 Å². The van der Waals surface area contributed by atoms with Crippen LogP contribution in [0.25, 0.3) is 0 Å². The Morgan fingerprint density at radius 1 is 1.40 bits per heavy atom. The third-order valence-electron chi connectivity index (χ3n) is 3.21. The van der Waals surface area contributed by atoms with E-state index >= 15 is 0 Å². The Morgan fingerprint density at radius 3 is 2.93 bits per heavy atom. The minimum atomic E-state index is -0.645. The summed E-state index contributed by atoms with van der Waals surface area (Å²) in [6, 6.07) is 2.01. The molecule has 0 saturated heterocycles. The van der Waals surface area contributed by atoms with Crippen LogP contribution in [0.15, 0.2) is 12.1 Å². The zero-order valence-electron chi connectivity index (χ0n) is 7.74. The highest BCUT2D eigenvalue weighted by Crippen LogP contribution is 2.58. The number of carbonyl (C=O) groups is 1. The molecule has 3 atom stereocenters. The van der Waals surface area contributed by atoms with Gasteiger partial charge < -0.3 is 9.53 Å². The second kappa shape index (κ2) is 2.78. The molecule has 2 aliphatic rings. The van der Waals surface area contributed by atoms with E-state index < -0.39 is 11.6 Å². The second-order valence-corrected chi connectivity index (χ2v) is 4.01. The van der Waals surface area contributed by atoms with Gasteiger partial charge in [-0.25, -0.2) is 8.78 Å². The standard InChI is InChI=1S/C11H8F2O2/c12-5-1-8(13)11-9(2-5)15-4-7-6(3-14)10(7)11/h1-3,6-7,10H,4H2/t6?,7-,10+/m0/s1. The number of benzene rings is 1. The maximum Gasteiger partial charge on any atom is 0.133 e. The average molecular weight is 210 g/mol. The lowest BCUT2D eigenvalue weighted by Gasteiger charge is -2.16. The minimum absolute atomic E-state index is 0.0787. The van der Waals surface area contributed by atoms with Crippen molar-refractivity contribution in [3.8, 4) is 5.75 Å². The van der Waals surface area contributed by atoms with E-state index in [0.717, 1.165) is 12.4 Å². The molecule has 1 fully saturated rings. The molecule has 0 aromatic heterocycles. The van der Waals surface area contributed by atoms with Gasteiger partial charge in [-0.05, 0) is 0 Å². The van der Waals surface area contributed by atoms with Gasteiger partial charge in [-0.2, -0.15) is 0 Å². The van der Waals surface area contributed by atoms with E-state index in [4.69, 9.17) is 4.74 Å². The lowest BCUT2D eigenvalue weighted by atomic mass is 10.0. The monoisotopic (exact) mass is 210 g/mol. The first kappa shape index (κ1) is 8.83. The van der Waals surface area contributed by atoms with Gasteiger partial charge in [0.15, 0.2) is 0 Å². The first-order valence-electron chi connectivity index (χ1n) is 4.79. The van der Waals surface area contributed by atoms with Crippen LogP contribution in [0.1, 0.15) is 11.5 Å². The molecule has 1 saturated carbocycles. The molecule has 3 rings (SSSR count). The van der Waals surface area contributed by atoms with E-state index in [1.54, 1.807) is 0 Å². The Hall–Kier alpha value is -1.45.